The van der Waals surface area contributed by atoms with Crippen molar-refractivity contribution >= 4 is 5.91 Å². The Balaban J connectivity index is 1.89. The molecule has 0 bridgehead atoms. The summed E-state index contributed by atoms with van der Waals surface area (Å²) in [5.74, 6) is 0.286. The van der Waals surface area contributed by atoms with Crippen LogP contribution in [0.2, 0.25) is 0 Å². The van der Waals surface area contributed by atoms with Crippen molar-refractivity contribution in [2.75, 3.05) is 39.3 Å². The number of nitrogens with one attached hydrogen (secondary N) is 1. The molecule has 6 heteroatoms. The van der Waals surface area contributed by atoms with Gasteiger partial charge in [0.2, 0.25) is 0 Å². The monoisotopic (exact) mass is 321 g/mol. The molecule has 4 N–H and O–H groups in total. The first kappa shape index (κ1) is 17.7. The van der Waals surface area contributed by atoms with Gasteiger partial charge < -0.3 is 25.8 Å². The van der Waals surface area contributed by atoms with Gasteiger partial charge in [0.25, 0.3) is 5.91 Å². The van der Waals surface area contributed by atoms with Crippen molar-refractivity contribution in [3.63, 3.8) is 0 Å². The molecular weight excluding hydrogens is 294 g/mol. The zero-order valence-corrected chi connectivity index (χ0v) is 13.8. The molecule has 0 aromatic heterocycles. The molecule has 1 aliphatic heterocycles. The summed E-state index contributed by atoms with van der Waals surface area (Å²) in [6.45, 7) is 5.57. The summed E-state index contributed by atoms with van der Waals surface area (Å²) in [6.07, 6.45) is 1.81. The van der Waals surface area contributed by atoms with Gasteiger partial charge in [-0.15, -0.1) is 0 Å². The second-order valence-electron chi connectivity index (χ2n) is 6.01. The number of hydrogen-bond acceptors (Lipinski definition) is 5. The second kappa shape index (κ2) is 8.86. The van der Waals surface area contributed by atoms with Crippen molar-refractivity contribution in [2.24, 2.45) is 5.73 Å². The molecule has 2 rings (SSSR count). The minimum absolute atomic E-state index is 0.235. The number of aryl methyl sites for hydroxylation is 1. The van der Waals surface area contributed by atoms with Crippen molar-refractivity contribution in [1.82, 2.24) is 10.2 Å². The number of aliphatic hydroxyl groups is 1. The number of aliphatic hydroxyl groups excluding tert-OH is 1. The lowest BCUT2D eigenvalue weighted by molar-refractivity contribution is 0.0876. The number of benzene rings is 1. The Kier molecular flexibility index (Phi) is 6.83. The molecule has 0 radical (unpaired) electrons. The first-order valence-electron chi connectivity index (χ1n) is 8.22. The molecule has 1 amide bonds. The van der Waals surface area contributed by atoms with Crippen LogP contribution < -0.4 is 15.8 Å². The van der Waals surface area contributed by atoms with E-state index < -0.39 is 6.10 Å². The summed E-state index contributed by atoms with van der Waals surface area (Å²) in [7, 11) is 0. The molecule has 1 aliphatic rings. The SMILES string of the molecule is Cc1ccc(OCCN)c(C(=O)NC[C@@H](O)CN2CCCC2)c1. The highest BCUT2D eigenvalue weighted by atomic mass is 16.5. The average molecular weight is 321 g/mol. The van der Waals surface area contributed by atoms with Crippen LogP contribution >= 0.6 is 0 Å². The van der Waals surface area contributed by atoms with Gasteiger partial charge in [0.15, 0.2) is 0 Å². The van der Waals surface area contributed by atoms with Crippen LogP contribution in [0.1, 0.15) is 28.8 Å². The maximum atomic E-state index is 12.4. The van der Waals surface area contributed by atoms with E-state index in [1.807, 2.05) is 13.0 Å². The minimum Gasteiger partial charge on any atom is -0.491 e. The number of hydrogen-bond donors (Lipinski definition) is 3. The van der Waals surface area contributed by atoms with Gasteiger partial charge in [0.05, 0.1) is 11.7 Å². The van der Waals surface area contributed by atoms with Crippen molar-refractivity contribution in [3.8, 4) is 5.75 Å². The van der Waals surface area contributed by atoms with Crippen molar-refractivity contribution in [1.29, 1.82) is 0 Å². The topological polar surface area (TPSA) is 87.8 Å². The highest BCUT2D eigenvalue weighted by Crippen LogP contribution is 2.20. The molecule has 0 unspecified atom stereocenters. The molecule has 6 nitrogen and oxygen atoms in total. The third-order valence-electron chi connectivity index (χ3n) is 3.92. The Morgan fingerprint density at radius 1 is 1.43 bits per heavy atom. The van der Waals surface area contributed by atoms with E-state index in [4.69, 9.17) is 10.5 Å². The van der Waals surface area contributed by atoms with E-state index in [-0.39, 0.29) is 12.5 Å². The first-order valence-corrected chi connectivity index (χ1v) is 8.22. The van der Waals surface area contributed by atoms with Crippen LogP contribution in [0.4, 0.5) is 0 Å². The Morgan fingerprint density at radius 3 is 2.87 bits per heavy atom. The zero-order valence-electron chi connectivity index (χ0n) is 13.8. The number of nitrogens with zero attached hydrogens (tertiary/aromatic N) is 1. The van der Waals surface area contributed by atoms with Crippen molar-refractivity contribution < 1.29 is 14.6 Å². The van der Waals surface area contributed by atoms with Gasteiger partial charge in [-0.1, -0.05) is 11.6 Å². The van der Waals surface area contributed by atoms with E-state index in [9.17, 15) is 9.90 Å². The van der Waals surface area contributed by atoms with Crippen LogP contribution in [0.25, 0.3) is 0 Å². The lowest BCUT2D eigenvalue weighted by atomic mass is 10.1. The fourth-order valence-electron chi connectivity index (χ4n) is 2.75. The summed E-state index contributed by atoms with van der Waals surface area (Å²) in [6, 6.07) is 5.46. The Hall–Kier alpha value is -1.63. The van der Waals surface area contributed by atoms with Crippen LogP contribution in [0, 0.1) is 6.92 Å². The summed E-state index contributed by atoms with van der Waals surface area (Å²) in [4.78, 5) is 14.6. The quantitative estimate of drug-likeness (QED) is 0.650. The van der Waals surface area contributed by atoms with Crippen LogP contribution in [-0.4, -0.2) is 61.3 Å². The fraction of sp³-hybridized carbons (Fsp3) is 0.588. The average Bonchev–Trinajstić information content (AvgIpc) is 3.04. The van der Waals surface area contributed by atoms with E-state index in [1.165, 1.54) is 12.8 Å². The van der Waals surface area contributed by atoms with Gasteiger partial charge in [-0.05, 0) is 45.0 Å². The molecule has 128 valence electrons. The normalized spacial score (nSPS) is 16.3. The third-order valence-corrected chi connectivity index (χ3v) is 3.92. The number of ether oxygens (including phenoxy) is 1. The number of likely N-dealkylation sites (tertiary alicyclic amines) is 1. The lowest BCUT2D eigenvalue weighted by Gasteiger charge is -2.20. The maximum absolute atomic E-state index is 12.4. The molecular formula is C17H27N3O3. The molecule has 0 spiro atoms. The minimum atomic E-state index is -0.560. The van der Waals surface area contributed by atoms with Gasteiger partial charge in [-0.3, -0.25) is 4.79 Å². The highest BCUT2D eigenvalue weighted by Gasteiger charge is 2.18. The molecule has 1 heterocycles. The smallest absolute Gasteiger partial charge is 0.255 e. The van der Waals surface area contributed by atoms with E-state index in [2.05, 4.69) is 10.2 Å². The Labute approximate surface area is 137 Å². The van der Waals surface area contributed by atoms with E-state index in [0.717, 1.165) is 18.7 Å². The predicted octanol–water partition coefficient (Wildman–Crippen LogP) is 0.519. The second-order valence-corrected chi connectivity index (χ2v) is 6.01. The summed E-state index contributed by atoms with van der Waals surface area (Å²) in [5.41, 5.74) is 6.90. The molecule has 1 aromatic carbocycles. The maximum Gasteiger partial charge on any atom is 0.255 e. The summed E-state index contributed by atoms with van der Waals surface area (Å²) >= 11 is 0. The van der Waals surface area contributed by atoms with E-state index in [0.29, 0.717) is 31.0 Å². The number of β-amino-alcohol motifs (C(OH)–C–C–N with tert-alkyl or cyclic N) is 1. The van der Waals surface area contributed by atoms with Crippen LogP contribution in [-0.2, 0) is 0 Å². The zero-order chi connectivity index (χ0) is 16.7. The third kappa shape index (κ3) is 5.49. The number of rotatable bonds is 8. The van der Waals surface area contributed by atoms with E-state index in [1.54, 1.807) is 12.1 Å². The number of carbonyl (C=O) groups excluding carboxylic acids is 1. The summed E-state index contributed by atoms with van der Waals surface area (Å²) < 4.78 is 5.52. The molecule has 0 aliphatic carbocycles. The Bertz CT molecular complexity index is 516. The van der Waals surface area contributed by atoms with E-state index >= 15 is 0 Å². The fourth-order valence-corrected chi connectivity index (χ4v) is 2.75. The van der Waals surface area contributed by atoms with Crippen LogP contribution in [0.3, 0.4) is 0 Å². The first-order chi connectivity index (χ1) is 11.1. The predicted molar refractivity (Wildman–Crippen MR) is 89.7 cm³/mol. The molecule has 1 saturated heterocycles. The Morgan fingerprint density at radius 2 is 2.17 bits per heavy atom. The summed E-state index contributed by atoms with van der Waals surface area (Å²) in [5, 5.41) is 12.9. The number of amides is 1. The van der Waals surface area contributed by atoms with Crippen LogP contribution in [0.5, 0.6) is 5.75 Å². The highest BCUT2D eigenvalue weighted by molar-refractivity contribution is 5.97. The number of nitrogens with two attached hydrogens (primary N) is 1. The largest absolute Gasteiger partial charge is 0.491 e. The van der Waals surface area contributed by atoms with Crippen molar-refractivity contribution in [3.05, 3.63) is 29.3 Å². The lowest BCUT2D eigenvalue weighted by Crippen LogP contribution is -2.39. The standard InChI is InChI=1S/C17H27N3O3/c1-13-4-5-16(23-9-6-18)15(10-13)17(22)19-11-14(21)12-20-7-2-3-8-20/h4-5,10,14,21H,2-3,6-9,11-12,18H2,1H3,(H,19,22)/t14-/m1/s1. The van der Waals surface area contributed by atoms with Gasteiger partial charge in [0, 0.05) is 19.6 Å². The van der Waals surface area contributed by atoms with Gasteiger partial charge in [-0.25, -0.2) is 0 Å². The van der Waals surface area contributed by atoms with Gasteiger partial charge in [0.1, 0.15) is 12.4 Å². The molecule has 23 heavy (non-hydrogen) atoms. The molecule has 1 aromatic rings. The molecule has 0 saturated carbocycles. The van der Waals surface area contributed by atoms with Crippen molar-refractivity contribution in [2.45, 2.75) is 25.9 Å². The molecule has 1 atom stereocenters. The van der Waals surface area contributed by atoms with Gasteiger partial charge in [-0.2, -0.15) is 0 Å². The number of carbonyl (C=O) groups is 1. The van der Waals surface area contributed by atoms with Gasteiger partial charge >= 0.3 is 0 Å². The molecule has 1 fully saturated rings. The van der Waals surface area contributed by atoms with Crippen LogP contribution in [0.15, 0.2) is 18.2 Å².